The van der Waals surface area contributed by atoms with Crippen molar-refractivity contribution >= 4 is 41.9 Å². The number of hydrogen-bond acceptors (Lipinski definition) is 3. The molecule has 4 nitrogen and oxygen atoms in total. The van der Waals surface area contributed by atoms with Crippen LogP contribution in [-0.2, 0) is 10.0 Å². The molecule has 2 atom stereocenters. The molecule has 1 fully saturated rings. The fourth-order valence-corrected chi connectivity index (χ4v) is 5.56. The maximum Gasteiger partial charge on any atom is 0.244 e. The summed E-state index contributed by atoms with van der Waals surface area (Å²) in [5, 5.41) is 3.28. The molecule has 2 rings (SSSR count). The van der Waals surface area contributed by atoms with Crippen molar-refractivity contribution in [2.24, 2.45) is 0 Å². The highest BCUT2D eigenvalue weighted by molar-refractivity contribution is 9.11. The van der Waals surface area contributed by atoms with Crippen LogP contribution >= 0.6 is 31.9 Å². The van der Waals surface area contributed by atoms with Crippen LogP contribution in [0.3, 0.4) is 0 Å². The smallest absolute Gasteiger partial charge is 0.244 e. The van der Waals surface area contributed by atoms with Crippen molar-refractivity contribution in [3.8, 4) is 0 Å². The van der Waals surface area contributed by atoms with Crippen LogP contribution < -0.4 is 5.32 Å². The molecule has 2 unspecified atom stereocenters. The lowest BCUT2D eigenvalue weighted by molar-refractivity contribution is 0.244. The molecule has 0 bridgehead atoms. The van der Waals surface area contributed by atoms with Crippen LogP contribution in [0, 0.1) is 0 Å². The third-order valence-electron chi connectivity index (χ3n) is 3.19. The standard InChI is InChI=1S/C12H16Br2N2O2S/c1-8-7-16(9(2)6-15-8)19(17,18)12-4-3-10(13)5-11(12)14/h3-5,8-9,15H,6-7H2,1-2H3. The van der Waals surface area contributed by atoms with Crippen molar-refractivity contribution in [2.45, 2.75) is 30.8 Å². The molecule has 1 aromatic rings. The van der Waals surface area contributed by atoms with E-state index >= 15 is 0 Å². The zero-order valence-corrected chi connectivity index (χ0v) is 14.7. The SMILES string of the molecule is CC1CN(S(=O)(=O)c2ccc(Br)cc2Br)C(C)CN1. The molecule has 1 heterocycles. The summed E-state index contributed by atoms with van der Waals surface area (Å²) in [6, 6.07) is 5.25. The summed E-state index contributed by atoms with van der Waals surface area (Å²) in [5.41, 5.74) is 0. The number of nitrogens with one attached hydrogen (secondary N) is 1. The van der Waals surface area contributed by atoms with Gasteiger partial charge in [-0.05, 0) is 48.0 Å². The minimum atomic E-state index is -3.47. The van der Waals surface area contributed by atoms with Gasteiger partial charge in [0.05, 0.1) is 4.90 Å². The highest BCUT2D eigenvalue weighted by Gasteiger charge is 2.34. The zero-order chi connectivity index (χ0) is 14.2. The fraction of sp³-hybridized carbons (Fsp3) is 0.500. The van der Waals surface area contributed by atoms with Gasteiger partial charge >= 0.3 is 0 Å². The average Bonchev–Trinajstić information content (AvgIpc) is 2.31. The Hall–Kier alpha value is 0.0500. The van der Waals surface area contributed by atoms with Crippen LogP contribution in [0.25, 0.3) is 0 Å². The van der Waals surface area contributed by atoms with E-state index in [1.165, 1.54) is 0 Å². The van der Waals surface area contributed by atoms with Crippen molar-refractivity contribution in [1.29, 1.82) is 0 Å². The van der Waals surface area contributed by atoms with Crippen molar-refractivity contribution in [1.82, 2.24) is 9.62 Å². The number of nitrogens with zero attached hydrogens (tertiary/aromatic N) is 1. The summed E-state index contributed by atoms with van der Waals surface area (Å²) in [6.45, 7) is 5.08. The van der Waals surface area contributed by atoms with E-state index in [1.54, 1.807) is 22.5 Å². The Kier molecular flexibility index (Phi) is 4.72. The molecule has 106 valence electrons. The molecule has 1 saturated heterocycles. The second-order valence-electron chi connectivity index (χ2n) is 4.81. The first-order chi connectivity index (χ1) is 8.82. The fourth-order valence-electron chi connectivity index (χ4n) is 2.13. The summed E-state index contributed by atoms with van der Waals surface area (Å²) >= 11 is 6.67. The van der Waals surface area contributed by atoms with Crippen LogP contribution in [0.15, 0.2) is 32.0 Å². The summed E-state index contributed by atoms with van der Waals surface area (Å²) in [7, 11) is -3.47. The highest BCUT2D eigenvalue weighted by atomic mass is 79.9. The Morgan fingerprint density at radius 1 is 1.32 bits per heavy atom. The molecular formula is C12H16Br2N2O2S. The second-order valence-corrected chi connectivity index (χ2v) is 8.44. The van der Waals surface area contributed by atoms with Crippen LogP contribution in [0.1, 0.15) is 13.8 Å². The highest BCUT2D eigenvalue weighted by Crippen LogP contribution is 2.29. The van der Waals surface area contributed by atoms with Gasteiger partial charge in [-0.1, -0.05) is 15.9 Å². The van der Waals surface area contributed by atoms with E-state index in [1.807, 2.05) is 13.8 Å². The number of rotatable bonds is 2. The van der Waals surface area contributed by atoms with Crippen LogP contribution in [0.5, 0.6) is 0 Å². The molecule has 19 heavy (non-hydrogen) atoms. The lowest BCUT2D eigenvalue weighted by Crippen LogP contribution is -2.56. The van der Waals surface area contributed by atoms with Crippen LogP contribution in [0.4, 0.5) is 0 Å². The largest absolute Gasteiger partial charge is 0.311 e. The van der Waals surface area contributed by atoms with Gasteiger partial charge in [-0.2, -0.15) is 4.31 Å². The Morgan fingerprint density at radius 3 is 2.63 bits per heavy atom. The molecule has 1 aliphatic heterocycles. The van der Waals surface area contributed by atoms with Gasteiger partial charge in [-0.15, -0.1) is 0 Å². The number of hydrogen-bond donors (Lipinski definition) is 1. The molecular weight excluding hydrogens is 396 g/mol. The summed E-state index contributed by atoms with van der Waals surface area (Å²) in [6.07, 6.45) is 0. The predicted molar refractivity (Wildman–Crippen MR) is 82.7 cm³/mol. The first-order valence-corrected chi connectivity index (χ1v) is 9.05. The van der Waals surface area contributed by atoms with E-state index in [0.29, 0.717) is 22.5 Å². The molecule has 1 aliphatic rings. The van der Waals surface area contributed by atoms with Crippen molar-refractivity contribution in [3.05, 3.63) is 27.1 Å². The summed E-state index contributed by atoms with van der Waals surface area (Å²) in [4.78, 5) is 0.316. The van der Waals surface area contributed by atoms with Gasteiger partial charge in [0.2, 0.25) is 10.0 Å². The number of piperazine rings is 1. The maximum atomic E-state index is 12.7. The van der Waals surface area contributed by atoms with Crippen molar-refractivity contribution in [2.75, 3.05) is 13.1 Å². The van der Waals surface area contributed by atoms with E-state index in [0.717, 1.165) is 4.47 Å². The number of halogens is 2. The van der Waals surface area contributed by atoms with Crippen molar-refractivity contribution in [3.63, 3.8) is 0 Å². The summed E-state index contributed by atoms with van der Waals surface area (Å²) < 4.78 is 28.5. The average molecular weight is 412 g/mol. The van der Waals surface area contributed by atoms with E-state index in [9.17, 15) is 8.42 Å². The van der Waals surface area contributed by atoms with E-state index in [4.69, 9.17) is 0 Å². The third-order valence-corrected chi connectivity index (χ3v) is 6.64. The van der Waals surface area contributed by atoms with E-state index in [-0.39, 0.29) is 12.1 Å². The van der Waals surface area contributed by atoms with Gasteiger partial charge < -0.3 is 5.32 Å². The van der Waals surface area contributed by atoms with Gasteiger partial charge in [0.1, 0.15) is 0 Å². The molecule has 1 N–H and O–H groups in total. The molecule has 0 saturated carbocycles. The lowest BCUT2D eigenvalue weighted by Gasteiger charge is -2.36. The minimum Gasteiger partial charge on any atom is -0.311 e. The lowest BCUT2D eigenvalue weighted by atomic mass is 10.2. The first kappa shape index (κ1) is 15.4. The molecule has 1 aromatic carbocycles. The first-order valence-electron chi connectivity index (χ1n) is 6.02. The van der Waals surface area contributed by atoms with Gasteiger partial charge in [-0.25, -0.2) is 8.42 Å². The molecule has 0 aromatic heterocycles. The molecule has 0 radical (unpaired) electrons. The predicted octanol–water partition coefficient (Wildman–Crippen LogP) is 2.58. The minimum absolute atomic E-state index is 0.0447. The second kappa shape index (κ2) is 5.81. The Morgan fingerprint density at radius 2 is 2.00 bits per heavy atom. The number of sulfonamides is 1. The van der Waals surface area contributed by atoms with E-state index in [2.05, 4.69) is 37.2 Å². The van der Waals surface area contributed by atoms with E-state index < -0.39 is 10.0 Å². The normalized spacial score (nSPS) is 25.5. The van der Waals surface area contributed by atoms with Gasteiger partial charge in [0, 0.05) is 34.1 Å². The van der Waals surface area contributed by atoms with Crippen LogP contribution in [-0.4, -0.2) is 37.9 Å². The molecule has 0 spiro atoms. The molecule has 0 amide bonds. The Balaban J connectivity index is 2.41. The summed E-state index contributed by atoms with van der Waals surface area (Å²) in [5.74, 6) is 0. The van der Waals surface area contributed by atoms with Gasteiger partial charge in [0.15, 0.2) is 0 Å². The van der Waals surface area contributed by atoms with Gasteiger partial charge in [0.25, 0.3) is 0 Å². The maximum absolute atomic E-state index is 12.7. The monoisotopic (exact) mass is 410 g/mol. The van der Waals surface area contributed by atoms with Gasteiger partial charge in [-0.3, -0.25) is 0 Å². The number of benzene rings is 1. The topological polar surface area (TPSA) is 49.4 Å². The Labute approximate surface area is 130 Å². The third kappa shape index (κ3) is 3.21. The Bertz CT molecular complexity index is 577. The zero-order valence-electron chi connectivity index (χ0n) is 10.7. The molecule has 0 aliphatic carbocycles. The molecule has 7 heteroatoms. The van der Waals surface area contributed by atoms with Crippen molar-refractivity contribution < 1.29 is 8.42 Å². The quantitative estimate of drug-likeness (QED) is 0.813. The van der Waals surface area contributed by atoms with Crippen LogP contribution in [0.2, 0.25) is 0 Å².